The first-order valence-corrected chi connectivity index (χ1v) is 15.4. The van der Waals surface area contributed by atoms with Crippen molar-refractivity contribution < 1.29 is 0 Å². The topological polar surface area (TPSA) is 3.24 Å². The molecule has 0 radical (unpaired) electrons. The number of hydrogen-bond acceptors (Lipinski definition) is 1. The number of benzene rings is 7. The highest BCUT2D eigenvalue weighted by Crippen LogP contribution is 2.55. The average molecular weight is 564 g/mol. The van der Waals surface area contributed by atoms with E-state index in [0.717, 1.165) is 11.4 Å². The molecule has 0 aliphatic heterocycles. The fourth-order valence-corrected chi connectivity index (χ4v) is 7.12. The van der Waals surface area contributed by atoms with Gasteiger partial charge in [-0.2, -0.15) is 0 Å². The second-order valence-electron chi connectivity index (χ2n) is 12.2. The van der Waals surface area contributed by atoms with Gasteiger partial charge in [-0.3, -0.25) is 0 Å². The summed E-state index contributed by atoms with van der Waals surface area (Å²) in [5, 5.41) is 2.57. The van der Waals surface area contributed by atoms with Gasteiger partial charge in [-0.05, 0) is 86.3 Å². The predicted molar refractivity (Wildman–Crippen MR) is 187 cm³/mol. The highest BCUT2D eigenvalue weighted by Gasteiger charge is 2.38. The van der Waals surface area contributed by atoms with Crippen LogP contribution in [0.15, 0.2) is 164 Å². The van der Waals surface area contributed by atoms with E-state index in [2.05, 4.69) is 183 Å². The van der Waals surface area contributed by atoms with Crippen LogP contribution in [0.2, 0.25) is 0 Å². The minimum Gasteiger partial charge on any atom is -0.310 e. The zero-order chi connectivity index (χ0) is 29.7. The Morgan fingerprint density at radius 2 is 0.909 bits per heavy atom. The first-order valence-electron chi connectivity index (χ1n) is 15.4. The molecule has 0 spiro atoms. The second-order valence-corrected chi connectivity index (χ2v) is 12.2. The van der Waals surface area contributed by atoms with E-state index in [4.69, 9.17) is 0 Å². The average Bonchev–Trinajstić information content (AvgIpc) is 3.32. The van der Waals surface area contributed by atoms with Crippen LogP contribution >= 0.6 is 0 Å². The molecule has 0 aromatic heterocycles. The van der Waals surface area contributed by atoms with E-state index < -0.39 is 0 Å². The molecular weight excluding hydrogens is 530 g/mol. The lowest BCUT2D eigenvalue weighted by atomic mass is 9.80. The molecule has 1 aliphatic rings. The van der Waals surface area contributed by atoms with Gasteiger partial charge in [-0.25, -0.2) is 0 Å². The molecule has 210 valence electrons. The molecule has 0 saturated carbocycles. The fourth-order valence-electron chi connectivity index (χ4n) is 7.12. The minimum absolute atomic E-state index is 0.118. The van der Waals surface area contributed by atoms with Gasteiger partial charge in [0.1, 0.15) is 0 Å². The van der Waals surface area contributed by atoms with Gasteiger partial charge in [-0.15, -0.1) is 0 Å². The van der Waals surface area contributed by atoms with Crippen molar-refractivity contribution in [2.75, 3.05) is 4.90 Å². The summed E-state index contributed by atoms with van der Waals surface area (Å²) in [7, 11) is 0. The van der Waals surface area contributed by atoms with E-state index in [9.17, 15) is 0 Å². The smallest absolute Gasteiger partial charge is 0.0546 e. The van der Waals surface area contributed by atoms with Gasteiger partial charge in [0.05, 0.1) is 5.69 Å². The van der Waals surface area contributed by atoms with Gasteiger partial charge in [0.25, 0.3) is 0 Å². The van der Waals surface area contributed by atoms with Gasteiger partial charge in [0, 0.05) is 22.2 Å². The summed E-state index contributed by atoms with van der Waals surface area (Å²) < 4.78 is 0. The third-order valence-electron chi connectivity index (χ3n) is 9.23. The van der Waals surface area contributed by atoms with Crippen molar-refractivity contribution in [2.24, 2.45) is 0 Å². The predicted octanol–water partition coefficient (Wildman–Crippen LogP) is 11.9. The highest BCUT2D eigenvalue weighted by atomic mass is 15.1. The van der Waals surface area contributed by atoms with E-state index >= 15 is 0 Å². The van der Waals surface area contributed by atoms with E-state index in [0.29, 0.717) is 0 Å². The molecule has 0 atom stereocenters. The van der Waals surface area contributed by atoms with Crippen LogP contribution < -0.4 is 4.90 Å². The van der Waals surface area contributed by atoms with E-state index in [1.165, 1.54) is 61.0 Å². The molecule has 0 unspecified atom stereocenters. The van der Waals surface area contributed by atoms with Crippen molar-refractivity contribution in [2.45, 2.75) is 19.3 Å². The maximum atomic E-state index is 2.44. The SMILES string of the molecule is CC1(C)c2ccc(-c3ccccc3)cc2-c2cc(N(c3ccccc3)c3ccc(-c4ccccc4)cc3)c3ccccc3c21. The van der Waals surface area contributed by atoms with E-state index in [1.54, 1.807) is 0 Å². The maximum Gasteiger partial charge on any atom is 0.0546 e. The Kier molecular flexibility index (Phi) is 6.20. The molecule has 44 heavy (non-hydrogen) atoms. The number of anilines is 3. The summed E-state index contributed by atoms with van der Waals surface area (Å²) in [6.45, 7) is 4.76. The van der Waals surface area contributed by atoms with Crippen LogP contribution in [0.5, 0.6) is 0 Å². The summed E-state index contributed by atoms with van der Waals surface area (Å²) >= 11 is 0. The van der Waals surface area contributed by atoms with Crippen molar-refractivity contribution in [3.63, 3.8) is 0 Å². The summed E-state index contributed by atoms with van der Waals surface area (Å²) in [6.07, 6.45) is 0. The van der Waals surface area contributed by atoms with Crippen LogP contribution in [0.4, 0.5) is 17.1 Å². The number of fused-ring (bicyclic) bond motifs is 5. The number of nitrogens with zero attached hydrogens (tertiary/aromatic N) is 1. The van der Waals surface area contributed by atoms with Crippen molar-refractivity contribution in [3.8, 4) is 33.4 Å². The summed E-state index contributed by atoms with van der Waals surface area (Å²) in [4.78, 5) is 2.42. The molecule has 1 heteroatoms. The molecule has 0 amide bonds. The van der Waals surface area contributed by atoms with E-state index in [1.807, 2.05) is 0 Å². The lowest BCUT2D eigenvalue weighted by Crippen LogP contribution is -2.16. The van der Waals surface area contributed by atoms with Crippen LogP contribution in [0.1, 0.15) is 25.0 Å². The molecule has 0 heterocycles. The van der Waals surface area contributed by atoms with Gasteiger partial charge in [0.15, 0.2) is 0 Å². The Balaban J connectivity index is 1.37. The Morgan fingerprint density at radius 1 is 0.409 bits per heavy atom. The van der Waals surface area contributed by atoms with Gasteiger partial charge < -0.3 is 4.90 Å². The van der Waals surface area contributed by atoms with Crippen LogP contribution in [0.3, 0.4) is 0 Å². The zero-order valence-electron chi connectivity index (χ0n) is 25.0. The van der Waals surface area contributed by atoms with Crippen molar-refractivity contribution >= 4 is 27.8 Å². The van der Waals surface area contributed by atoms with Gasteiger partial charge in [0.2, 0.25) is 0 Å². The van der Waals surface area contributed by atoms with Crippen molar-refractivity contribution in [1.29, 1.82) is 0 Å². The number of rotatable bonds is 5. The molecule has 0 bridgehead atoms. The summed E-state index contributed by atoms with van der Waals surface area (Å²) in [5.74, 6) is 0. The van der Waals surface area contributed by atoms with Crippen molar-refractivity contribution in [3.05, 3.63) is 175 Å². The van der Waals surface area contributed by atoms with Crippen molar-refractivity contribution in [1.82, 2.24) is 0 Å². The zero-order valence-corrected chi connectivity index (χ0v) is 25.0. The molecule has 1 aliphatic carbocycles. The largest absolute Gasteiger partial charge is 0.310 e. The number of hydrogen-bond donors (Lipinski definition) is 0. The monoisotopic (exact) mass is 563 g/mol. The first kappa shape index (κ1) is 26.2. The molecule has 7 aromatic rings. The summed E-state index contributed by atoms with van der Waals surface area (Å²) in [6, 6.07) is 59.5. The lowest BCUT2D eigenvalue weighted by Gasteiger charge is -2.29. The maximum absolute atomic E-state index is 2.44. The molecule has 1 nitrogen and oxygen atoms in total. The fraction of sp³-hybridized carbons (Fsp3) is 0.0698. The second kappa shape index (κ2) is 10.4. The molecule has 0 saturated heterocycles. The Labute approximate surface area is 259 Å². The third-order valence-corrected chi connectivity index (χ3v) is 9.23. The Hall–Kier alpha value is -5.40. The van der Waals surface area contributed by atoms with E-state index in [-0.39, 0.29) is 5.41 Å². The third kappa shape index (κ3) is 4.24. The molecule has 7 aromatic carbocycles. The molecule has 0 N–H and O–H groups in total. The molecular formula is C43H33N. The normalized spacial score (nSPS) is 13.0. The molecule has 0 fully saturated rings. The first-order chi connectivity index (χ1) is 21.6. The lowest BCUT2D eigenvalue weighted by molar-refractivity contribution is 0.666. The van der Waals surface area contributed by atoms with Crippen LogP contribution in [0.25, 0.3) is 44.2 Å². The Morgan fingerprint density at radius 3 is 1.57 bits per heavy atom. The van der Waals surface area contributed by atoms with Crippen LogP contribution in [0, 0.1) is 0 Å². The Bertz CT molecular complexity index is 2110. The molecule has 8 rings (SSSR count). The van der Waals surface area contributed by atoms with Gasteiger partial charge >= 0.3 is 0 Å². The summed E-state index contributed by atoms with van der Waals surface area (Å²) in [5.41, 5.74) is 13.7. The standard InChI is InChI=1S/C43H33N/c1-43(2)40-27-24-33(31-16-8-4-9-17-31)28-38(40)39-29-41(36-20-12-13-21-37(36)42(39)43)44(34-18-10-5-11-19-34)35-25-22-32(23-26-35)30-14-6-3-7-15-30/h3-29H,1-2H3. The van der Waals surface area contributed by atoms with Crippen LogP contribution in [-0.4, -0.2) is 0 Å². The van der Waals surface area contributed by atoms with Gasteiger partial charge in [-0.1, -0.05) is 141 Å². The quantitative estimate of drug-likeness (QED) is 0.201. The number of para-hydroxylation sites is 1. The minimum atomic E-state index is -0.118. The highest BCUT2D eigenvalue weighted by molar-refractivity contribution is 6.07. The van der Waals surface area contributed by atoms with Crippen LogP contribution in [-0.2, 0) is 5.41 Å².